The lowest BCUT2D eigenvalue weighted by Crippen LogP contribution is -2.36. The van der Waals surface area contributed by atoms with Crippen LogP contribution >= 0.6 is 11.6 Å². The average Bonchev–Trinajstić information content (AvgIpc) is 3.24. The molecule has 0 spiro atoms. The highest BCUT2D eigenvalue weighted by molar-refractivity contribution is 6.33. The fraction of sp³-hybridized carbons (Fsp3) is 0.280. The molecule has 166 valence electrons. The number of para-hydroxylation sites is 1. The second-order valence-electron chi connectivity index (χ2n) is 8.13. The number of rotatable bonds is 6. The van der Waals surface area contributed by atoms with Crippen molar-refractivity contribution >= 4 is 35.2 Å². The summed E-state index contributed by atoms with van der Waals surface area (Å²) in [6.45, 7) is 5.14. The van der Waals surface area contributed by atoms with Gasteiger partial charge in [-0.25, -0.2) is 9.48 Å². The predicted octanol–water partition coefficient (Wildman–Crippen LogP) is 5.92. The first-order valence-corrected chi connectivity index (χ1v) is 11.3. The van der Waals surface area contributed by atoms with E-state index in [4.69, 9.17) is 11.6 Å². The molecule has 0 unspecified atom stereocenters. The third-order valence-corrected chi connectivity index (χ3v) is 5.95. The van der Waals surface area contributed by atoms with E-state index in [0.29, 0.717) is 16.5 Å². The van der Waals surface area contributed by atoms with Gasteiger partial charge in [0.25, 0.3) is 0 Å². The van der Waals surface area contributed by atoms with Crippen molar-refractivity contribution in [2.45, 2.75) is 25.8 Å². The Kier molecular flexibility index (Phi) is 7.24. The number of urea groups is 1. The number of benzene rings is 2. The highest BCUT2D eigenvalue weighted by atomic mass is 35.5. The van der Waals surface area contributed by atoms with Crippen molar-refractivity contribution in [2.75, 3.05) is 30.3 Å². The molecule has 1 aliphatic rings. The zero-order valence-corrected chi connectivity index (χ0v) is 18.9. The van der Waals surface area contributed by atoms with Crippen LogP contribution in [0.3, 0.4) is 0 Å². The highest BCUT2D eigenvalue weighted by Gasteiger charge is 2.23. The highest BCUT2D eigenvalue weighted by Crippen LogP contribution is 2.26. The number of aromatic nitrogens is 2. The van der Waals surface area contributed by atoms with Crippen LogP contribution in [0, 0.1) is 0 Å². The molecule has 2 N–H and O–H groups in total. The summed E-state index contributed by atoms with van der Waals surface area (Å²) in [5, 5.41) is 10.7. The molecule has 0 saturated carbocycles. The number of carbonyl (C=O) groups excluding carboxylic acids is 1. The van der Waals surface area contributed by atoms with Crippen molar-refractivity contribution in [1.82, 2.24) is 14.7 Å². The molecule has 3 aromatic rings. The summed E-state index contributed by atoms with van der Waals surface area (Å²) in [4.78, 5) is 14.9. The first-order valence-electron chi connectivity index (χ1n) is 10.9. The molecule has 1 fully saturated rings. The van der Waals surface area contributed by atoms with E-state index in [1.165, 1.54) is 11.1 Å². The van der Waals surface area contributed by atoms with E-state index in [0.717, 1.165) is 32.5 Å². The van der Waals surface area contributed by atoms with Crippen LogP contribution in [0.1, 0.15) is 31.4 Å². The summed E-state index contributed by atoms with van der Waals surface area (Å²) >= 11 is 6.13. The SMILES string of the molecule is C/C(=C\c1ccccc1)CN1CCC(n2nccc2NC(=O)Nc2ccccc2Cl)CC1. The molecule has 7 heteroatoms. The Bertz CT molecular complexity index is 1070. The van der Waals surface area contributed by atoms with Gasteiger partial charge in [-0.3, -0.25) is 10.2 Å². The molecule has 1 aliphatic heterocycles. The fourth-order valence-corrected chi connectivity index (χ4v) is 4.27. The average molecular weight is 450 g/mol. The number of hydrogen-bond donors (Lipinski definition) is 2. The lowest BCUT2D eigenvalue weighted by atomic mass is 10.0. The minimum atomic E-state index is -0.334. The number of anilines is 2. The Morgan fingerprint density at radius 3 is 2.53 bits per heavy atom. The monoisotopic (exact) mass is 449 g/mol. The summed E-state index contributed by atoms with van der Waals surface area (Å²) < 4.78 is 1.93. The minimum absolute atomic E-state index is 0.260. The van der Waals surface area contributed by atoms with Gasteiger partial charge in [0.1, 0.15) is 5.82 Å². The number of carbonyl (C=O) groups is 1. The molecule has 0 atom stereocenters. The normalized spacial score (nSPS) is 15.5. The molecule has 1 saturated heterocycles. The number of hydrogen-bond acceptors (Lipinski definition) is 3. The summed E-state index contributed by atoms with van der Waals surface area (Å²) in [7, 11) is 0. The van der Waals surface area contributed by atoms with E-state index in [-0.39, 0.29) is 12.1 Å². The van der Waals surface area contributed by atoms with Gasteiger partial charge in [0.2, 0.25) is 0 Å². The van der Waals surface area contributed by atoms with E-state index in [1.54, 1.807) is 18.3 Å². The Labute approximate surface area is 193 Å². The minimum Gasteiger partial charge on any atom is -0.306 e. The fourth-order valence-electron chi connectivity index (χ4n) is 4.09. The number of halogens is 1. The molecule has 2 heterocycles. The molecule has 0 aliphatic carbocycles. The van der Waals surface area contributed by atoms with Gasteiger partial charge in [-0.05, 0) is 37.5 Å². The Morgan fingerprint density at radius 2 is 1.78 bits per heavy atom. The third kappa shape index (κ3) is 5.78. The summed E-state index contributed by atoms with van der Waals surface area (Å²) in [6.07, 6.45) is 5.95. The van der Waals surface area contributed by atoms with E-state index in [2.05, 4.69) is 57.9 Å². The van der Waals surface area contributed by atoms with Gasteiger partial charge in [-0.1, -0.05) is 65.7 Å². The first-order chi connectivity index (χ1) is 15.6. The van der Waals surface area contributed by atoms with Crippen LogP contribution in [0.4, 0.5) is 16.3 Å². The van der Waals surface area contributed by atoms with Crippen LogP contribution < -0.4 is 10.6 Å². The van der Waals surface area contributed by atoms with Crippen molar-refractivity contribution < 1.29 is 4.79 Å². The number of amides is 2. The molecule has 0 radical (unpaired) electrons. The number of nitrogens with zero attached hydrogens (tertiary/aromatic N) is 3. The van der Waals surface area contributed by atoms with Crippen molar-refractivity contribution in [3.63, 3.8) is 0 Å². The zero-order chi connectivity index (χ0) is 22.3. The molecule has 0 bridgehead atoms. The summed E-state index contributed by atoms with van der Waals surface area (Å²) in [6, 6.07) is 19.3. The second kappa shape index (κ2) is 10.5. The van der Waals surface area contributed by atoms with Crippen LogP contribution in [0.25, 0.3) is 6.08 Å². The van der Waals surface area contributed by atoms with Gasteiger partial charge >= 0.3 is 6.03 Å². The predicted molar refractivity (Wildman–Crippen MR) is 131 cm³/mol. The molecular weight excluding hydrogens is 422 g/mol. The quantitative estimate of drug-likeness (QED) is 0.491. The van der Waals surface area contributed by atoms with Crippen molar-refractivity contribution in [3.05, 3.63) is 83.0 Å². The summed E-state index contributed by atoms with van der Waals surface area (Å²) in [5.74, 6) is 0.688. The van der Waals surface area contributed by atoms with E-state index in [1.807, 2.05) is 28.9 Å². The van der Waals surface area contributed by atoms with Crippen LogP contribution in [0.5, 0.6) is 0 Å². The topological polar surface area (TPSA) is 62.2 Å². The Morgan fingerprint density at radius 1 is 1.06 bits per heavy atom. The first kappa shape index (κ1) is 22.1. The molecule has 1 aromatic heterocycles. The van der Waals surface area contributed by atoms with Crippen LogP contribution in [0.15, 0.2) is 72.4 Å². The lowest BCUT2D eigenvalue weighted by Gasteiger charge is -2.32. The maximum absolute atomic E-state index is 12.5. The molecule has 6 nitrogen and oxygen atoms in total. The van der Waals surface area contributed by atoms with Crippen molar-refractivity contribution in [3.8, 4) is 0 Å². The van der Waals surface area contributed by atoms with Gasteiger partial charge in [-0.2, -0.15) is 5.10 Å². The molecule has 2 aromatic carbocycles. The van der Waals surface area contributed by atoms with Crippen LogP contribution in [-0.2, 0) is 0 Å². The third-order valence-electron chi connectivity index (χ3n) is 5.62. The molecular formula is C25H28ClN5O. The van der Waals surface area contributed by atoms with E-state index < -0.39 is 0 Å². The van der Waals surface area contributed by atoms with Crippen LogP contribution in [-0.4, -0.2) is 40.3 Å². The van der Waals surface area contributed by atoms with Crippen molar-refractivity contribution in [2.24, 2.45) is 0 Å². The van der Waals surface area contributed by atoms with Gasteiger partial charge in [0.05, 0.1) is 22.9 Å². The van der Waals surface area contributed by atoms with Gasteiger partial charge in [-0.15, -0.1) is 0 Å². The smallest absolute Gasteiger partial charge is 0.306 e. The number of piperidine rings is 1. The summed E-state index contributed by atoms with van der Waals surface area (Å²) in [5.41, 5.74) is 3.17. The Hall–Kier alpha value is -3.09. The molecule has 4 rings (SSSR count). The maximum Gasteiger partial charge on any atom is 0.324 e. The molecule has 32 heavy (non-hydrogen) atoms. The van der Waals surface area contributed by atoms with Gasteiger partial charge in [0.15, 0.2) is 0 Å². The molecule has 2 amide bonds. The van der Waals surface area contributed by atoms with E-state index >= 15 is 0 Å². The van der Waals surface area contributed by atoms with E-state index in [9.17, 15) is 4.79 Å². The van der Waals surface area contributed by atoms with Crippen LogP contribution in [0.2, 0.25) is 5.02 Å². The van der Waals surface area contributed by atoms with Gasteiger partial charge in [0, 0.05) is 25.7 Å². The number of nitrogens with one attached hydrogen (secondary N) is 2. The Balaban J connectivity index is 1.31. The zero-order valence-electron chi connectivity index (χ0n) is 18.2. The largest absolute Gasteiger partial charge is 0.324 e. The maximum atomic E-state index is 12.5. The second-order valence-corrected chi connectivity index (χ2v) is 8.54. The number of likely N-dealkylation sites (tertiary alicyclic amines) is 1. The van der Waals surface area contributed by atoms with Gasteiger partial charge < -0.3 is 5.32 Å². The standard InChI is InChI=1S/C25H28ClN5O/c1-19(17-20-7-3-2-4-8-20)18-30-15-12-21(13-16-30)31-24(11-14-27-31)29-25(32)28-23-10-6-5-9-22(23)26/h2-11,14,17,21H,12-13,15-16,18H2,1H3,(H2,28,29,32)/b19-17+. The van der Waals surface area contributed by atoms with Crippen molar-refractivity contribution in [1.29, 1.82) is 0 Å². The lowest BCUT2D eigenvalue weighted by molar-refractivity contribution is 0.193.